The molecular weight excluding hydrogens is 258 g/mol. The molecule has 0 radical (unpaired) electrons. The minimum absolute atomic E-state index is 0.0720. The van der Waals surface area contributed by atoms with E-state index in [1.807, 2.05) is 0 Å². The van der Waals surface area contributed by atoms with E-state index < -0.39 is 17.6 Å². The van der Waals surface area contributed by atoms with Crippen LogP contribution >= 0.6 is 11.3 Å². The van der Waals surface area contributed by atoms with E-state index in [1.165, 1.54) is 18.2 Å². The van der Waals surface area contributed by atoms with Crippen molar-refractivity contribution in [1.82, 2.24) is 0 Å². The molecule has 0 aliphatic heterocycles. The summed E-state index contributed by atoms with van der Waals surface area (Å²) in [5, 5.41) is 8.89. The Balaban J connectivity index is 2.69. The predicted molar refractivity (Wildman–Crippen MR) is 66.1 cm³/mol. The van der Waals surface area contributed by atoms with Gasteiger partial charge in [-0.25, -0.2) is 13.6 Å². The second kappa shape index (κ2) is 4.49. The van der Waals surface area contributed by atoms with Gasteiger partial charge in [-0.15, -0.1) is 11.3 Å². The Morgan fingerprint density at radius 2 is 1.89 bits per heavy atom. The van der Waals surface area contributed by atoms with Gasteiger partial charge in [-0.1, -0.05) is 6.07 Å². The Morgan fingerprint density at radius 3 is 2.44 bits per heavy atom. The van der Waals surface area contributed by atoms with E-state index in [0.29, 0.717) is 16.0 Å². The largest absolute Gasteiger partial charge is 0.477 e. The first-order chi connectivity index (χ1) is 8.41. The van der Waals surface area contributed by atoms with Crippen molar-refractivity contribution in [2.45, 2.75) is 13.8 Å². The molecule has 0 bridgehead atoms. The van der Waals surface area contributed by atoms with E-state index in [9.17, 15) is 13.6 Å². The van der Waals surface area contributed by atoms with Gasteiger partial charge in [0, 0.05) is 4.88 Å². The highest BCUT2D eigenvalue weighted by Gasteiger charge is 2.19. The lowest BCUT2D eigenvalue weighted by molar-refractivity contribution is 0.0702. The molecule has 0 amide bonds. The summed E-state index contributed by atoms with van der Waals surface area (Å²) in [5.74, 6) is -2.42. The number of carboxylic acid groups (broad SMARTS) is 1. The smallest absolute Gasteiger partial charge is 0.345 e. The molecule has 0 spiro atoms. The third kappa shape index (κ3) is 2.01. The van der Waals surface area contributed by atoms with Gasteiger partial charge in [0.15, 0.2) is 0 Å². The van der Waals surface area contributed by atoms with E-state index in [1.54, 1.807) is 13.8 Å². The summed E-state index contributed by atoms with van der Waals surface area (Å²) in [6.07, 6.45) is 0. The highest BCUT2D eigenvalue weighted by Crippen LogP contribution is 2.36. The van der Waals surface area contributed by atoms with Crippen molar-refractivity contribution in [3.63, 3.8) is 0 Å². The number of carboxylic acids is 1. The molecule has 1 heterocycles. The van der Waals surface area contributed by atoms with Gasteiger partial charge in [0.25, 0.3) is 0 Å². The Kier molecular flexibility index (Phi) is 3.17. The number of benzene rings is 1. The van der Waals surface area contributed by atoms with Gasteiger partial charge in [0.2, 0.25) is 0 Å². The quantitative estimate of drug-likeness (QED) is 0.893. The van der Waals surface area contributed by atoms with Crippen molar-refractivity contribution in [3.05, 3.63) is 45.8 Å². The summed E-state index contributed by atoms with van der Waals surface area (Å²) in [5.41, 5.74) is 0.738. The van der Waals surface area contributed by atoms with Crippen molar-refractivity contribution in [1.29, 1.82) is 0 Å². The summed E-state index contributed by atoms with van der Waals surface area (Å²) in [4.78, 5) is 11.3. The maximum atomic E-state index is 14.0. The van der Waals surface area contributed by atoms with Gasteiger partial charge in [0.1, 0.15) is 16.5 Å². The molecule has 94 valence electrons. The second-order valence-electron chi connectivity index (χ2n) is 3.98. The molecule has 0 fully saturated rings. The molecule has 2 aromatic rings. The van der Waals surface area contributed by atoms with Crippen LogP contribution in [0.3, 0.4) is 0 Å². The Morgan fingerprint density at radius 1 is 1.22 bits per heavy atom. The summed E-state index contributed by atoms with van der Waals surface area (Å²) in [6, 6.07) is 3.96. The number of aryl methyl sites for hydroxylation is 2. The van der Waals surface area contributed by atoms with Crippen molar-refractivity contribution >= 4 is 17.3 Å². The molecule has 0 unspecified atom stereocenters. The van der Waals surface area contributed by atoms with Gasteiger partial charge in [-0.2, -0.15) is 0 Å². The first-order valence-corrected chi connectivity index (χ1v) is 6.02. The van der Waals surface area contributed by atoms with Crippen LogP contribution in [0.1, 0.15) is 20.8 Å². The average Bonchev–Trinajstić information content (AvgIpc) is 2.67. The molecule has 0 saturated carbocycles. The van der Waals surface area contributed by atoms with E-state index in [2.05, 4.69) is 0 Å². The third-order valence-electron chi connectivity index (χ3n) is 2.64. The van der Waals surface area contributed by atoms with Crippen LogP contribution in [-0.2, 0) is 0 Å². The van der Waals surface area contributed by atoms with Gasteiger partial charge < -0.3 is 5.11 Å². The fourth-order valence-electron chi connectivity index (χ4n) is 1.70. The lowest BCUT2D eigenvalue weighted by Crippen LogP contribution is -1.92. The number of hydrogen-bond donors (Lipinski definition) is 1. The van der Waals surface area contributed by atoms with Crippen LogP contribution in [0.2, 0.25) is 0 Å². The highest BCUT2D eigenvalue weighted by atomic mass is 32.1. The van der Waals surface area contributed by atoms with Crippen LogP contribution in [-0.4, -0.2) is 11.1 Å². The normalized spacial score (nSPS) is 10.7. The summed E-state index contributed by atoms with van der Waals surface area (Å²) in [7, 11) is 0. The summed E-state index contributed by atoms with van der Waals surface area (Å²) < 4.78 is 27.7. The van der Waals surface area contributed by atoms with Gasteiger partial charge in [-0.3, -0.25) is 0 Å². The van der Waals surface area contributed by atoms with E-state index >= 15 is 0 Å². The van der Waals surface area contributed by atoms with Crippen LogP contribution in [0.4, 0.5) is 8.78 Å². The minimum atomic E-state index is -1.09. The number of aromatic carboxylic acids is 1. The SMILES string of the molecule is Cc1cc(C(=O)O)sc1-c1c(F)ccc(C)c1F. The van der Waals surface area contributed by atoms with Crippen molar-refractivity contribution in [2.75, 3.05) is 0 Å². The van der Waals surface area contributed by atoms with Crippen molar-refractivity contribution < 1.29 is 18.7 Å². The zero-order chi connectivity index (χ0) is 13.4. The second-order valence-corrected chi connectivity index (χ2v) is 5.03. The van der Waals surface area contributed by atoms with Crippen molar-refractivity contribution in [2.24, 2.45) is 0 Å². The molecule has 0 aliphatic carbocycles. The summed E-state index contributed by atoms with van der Waals surface area (Å²) in [6.45, 7) is 3.18. The fraction of sp³-hybridized carbons (Fsp3) is 0.154. The van der Waals surface area contributed by atoms with Gasteiger partial charge in [0.05, 0.1) is 5.56 Å². The zero-order valence-corrected chi connectivity index (χ0v) is 10.6. The molecule has 0 saturated heterocycles. The molecule has 0 atom stereocenters. The number of halogens is 2. The Bertz CT molecular complexity index is 632. The lowest BCUT2D eigenvalue weighted by atomic mass is 10.1. The Labute approximate surface area is 107 Å². The Hall–Kier alpha value is -1.75. The zero-order valence-electron chi connectivity index (χ0n) is 9.75. The average molecular weight is 268 g/mol. The van der Waals surface area contributed by atoms with E-state index in [0.717, 1.165) is 11.3 Å². The van der Waals surface area contributed by atoms with Crippen LogP contribution in [0.5, 0.6) is 0 Å². The number of rotatable bonds is 2. The first-order valence-electron chi connectivity index (χ1n) is 5.20. The van der Waals surface area contributed by atoms with E-state index in [4.69, 9.17) is 5.11 Å². The number of thiophene rings is 1. The third-order valence-corrected chi connectivity index (χ3v) is 3.88. The standard InChI is InChI=1S/C13H10F2O2S/c1-6-3-4-8(14)10(11(6)15)12-7(2)5-9(18-12)13(16)17/h3-5H,1-2H3,(H,16,17). The molecule has 2 nitrogen and oxygen atoms in total. The molecule has 1 aromatic heterocycles. The number of hydrogen-bond acceptors (Lipinski definition) is 2. The maximum Gasteiger partial charge on any atom is 0.345 e. The molecule has 1 aromatic carbocycles. The van der Waals surface area contributed by atoms with Gasteiger partial charge >= 0.3 is 5.97 Å². The van der Waals surface area contributed by atoms with Crippen LogP contribution in [0, 0.1) is 25.5 Å². The van der Waals surface area contributed by atoms with Crippen LogP contribution in [0.15, 0.2) is 18.2 Å². The van der Waals surface area contributed by atoms with Crippen molar-refractivity contribution in [3.8, 4) is 10.4 Å². The first kappa shape index (κ1) is 12.7. The maximum absolute atomic E-state index is 14.0. The lowest BCUT2D eigenvalue weighted by Gasteiger charge is -2.06. The monoisotopic (exact) mass is 268 g/mol. The van der Waals surface area contributed by atoms with Crippen LogP contribution < -0.4 is 0 Å². The molecule has 2 rings (SSSR count). The minimum Gasteiger partial charge on any atom is -0.477 e. The van der Waals surface area contributed by atoms with Crippen LogP contribution in [0.25, 0.3) is 10.4 Å². The number of carbonyl (C=O) groups is 1. The molecule has 0 aliphatic rings. The predicted octanol–water partition coefficient (Wildman–Crippen LogP) is 4.01. The molecule has 5 heteroatoms. The molecule has 1 N–H and O–H groups in total. The fourth-order valence-corrected chi connectivity index (χ4v) is 2.75. The summed E-state index contributed by atoms with van der Waals surface area (Å²) >= 11 is 0.878. The highest BCUT2D eigenvalue weighted by molar-refractivity contribution is 7.17. The topological polar surface area (TPSA) is 37.3 Å². The van der Waals surface area contributed by atoms with E-state index in [-0.39, 0.29) is 10.4 Å². The van der Waals surface area contributed by atoms with Gasteiger partial charge in [-0.05, 0) is 37.1 Å². The molecular formula is C13H10F2O2S. The molecule has 18 heavy (non-hydrogen) atoms.